The second-order valence-electron chi connectivity index (χ2n) is 8.86. The Morgan fingerprint density at radius 3 is 2.17 bits per heavy atom. The van der Waals surface area contributed by atoms with Gasteiger partial charge in [0.2, 0.25) is 11.7 Å². The molecule has 0 spiro atoms. The summed E-state index contributed by atoms with van der Waals surface area (Å²) >= 11 is 0. The van der Waals surface area contributed by atoms with E-state index in [1.54, 1.807) is 12.1 Å². The van der Waals surface area contributed by atoms with Gasteiger partial charge < -0.3 is 35.6 Å². The van der Waals surface area contributed by atoms with Gasteiger partial charge in [-0.2, -0.15) is 13.2 Å². The Hall–Kier alpha value is -3.43. The smallest absolute Gasteiger partial charge is 0.399 e. The Bertz CT molecular complexity index is 1420. The van der Waals surface area contributed by atoms with Crippen molar-refractivity contribution in [1.82, 2.24) is 14.5 Å². The van der Waals surface area contributed by atoms with Crippen molar-refractivity contribution in [3.8, 4) is 11.3 Å². The molecule has 0 saturated carbocycles. The zero-order valence-electron chi connectivity index (χ0n) is 20.4. The molecular weight excluding hydrogens is 571 g/mol. The quantitative estimate of drug-likeness (QED) is 0.130. The maximum atomic E-state index is 13.9. The summed E-state index contributed by atoms with van der Waals surface area (Å²) in [5.41, 5.74) is 12.6. The minimum absolute atomic E-state index is 0.0152. The van der Waals surface area contributed by atoms with E-state index in [0.717, 1.165) is 4.57 Å². The number of benzene rings is 2. The first-order valence-electron chi connectivity index (χ1n) is 11.4. The third-order valence-electron chi connectivity index (χ3n) is 5.81. The van der Waals surface area contributed by atoms with E-state index >= 15 is 0 Å². The second-order valence-corrected chi connectivity index (χ2v) is 9.88. The van der Waals surface area contributed by atoms with Crippen molar-refractivity contribution in [1.29, 1.82) is 0 Å². The Balaban J connectivity index is 0.000000810. The highest BCUT2D eigenvalue weighted by molar-refractivity contribution is 7.45. The van der Waals surface area contributed by atoms with Gasteiger partial charge in [-0.25, -0.2) is 22.7 Å². The summed E-state index contributed by atoms with van der Waals surface area (Å²) in [6.45, 7) is -0.294. The summed E-state index contributed by atoms with van der Waals surface area (Å²) in [4.78, 5) is 39.6. The van der Waals surface area contributed by atoms with Gasteiger partial charge in [0.25, 0.3) is 0 Å². The molecule has 17 heteroatoms. The Kier molecular flexibility index (Phi) is 9.31. The summed E-state index contributed by atoms with van der Waals surface area (Å²) in [6.07, 6.45) is -5.19. The molecule has 7 N–H and O–H groups in total. The summed E-state index contributed by atoms with van der Waals surface area (Å²) in [5, 5.41) is 0. The number of phosphoric acid groups is 1. The maximum Gasteiger partial charge on any atom is 0.466 e. The van der Waals surface area contributed by atoms with Crippen molar-refractivity contribution >= 4 is 19.4 Å². The van der Waals surface area contributed by atoms with Crippen LogP contribution in [0.25, 0.3) is 11.3 Å². The van der Waals surface area contributed by atoms with E-state index in [4.69, 9.17) is 30.7 Å². The minimum Gasteiger partial charge on any atom is -0.399 e. The lowest BCUT2D eigenvalue weighted by molar-refractivity contribution is -0.148. The molecule has 0 aliphatic carbocycles. The number of carbonyl (C=O) groups is 1. The number of aromatic nitrogens is 2. The highest BCUT2D eigenvalue weighted by atomic mass is 31.2. The van der Waals surface area contributed by atoms with E-state index < -0.39 is 49.2 Å². The normalized spacial score (nSPS) is 14.3. The molecule has 1 aliphatic heterocycles. The molecule has 0 fully saturated rings. The SMILES string of the molecule is Nc1ccc(-c2nc(C(F)(F)F)n3c2CN(C(=O)C[C@H](N)Cc2cc(F)c(F)cc2F)CC3)cc1.O=P(O)(O)O. The van der Waals surface area contributed by atoms with Crippen LogP contribution in [0.4, 0.5) is 32.0 Å². The fourth-order valence-electron chi connectivity index (χ4n) is 4.10. The van der Waals surface area contributed by atoms with E-state index in [2.05, 4.69) is 4.98 Å². The molecule has 1 atom stereocenters. The van der Waals surface area contributed by atoms with E-state index in [0.29, 0.717) is 23.4 Å². The van der Waals surface area contributed by atoms with Crippen molar-refractivity contribution < 1.29 is 50.4 Å². The Labute approximate surface area is 223 Å². The van der Waals surface area contributed by atoms with Gasteiger partial charge in [-0.05, 0) is 30.2 Å². The number of nitrogens with zero attached hydrogens (tertiary/aromatic N) is 3. The van der Waals surface area contributed by atoms with Gasteiger partial charge in [0.1, 0.15) is 5.82 Å². The predicted molar refractivity (Wildman–Crippen MR) is 129 cm³/mol. The molecule has 0 unspecified atom stereocenters. The van der Waals surface area contributed by atoms with Crippen LogP contribution >= 0.6 is 7.82 Å². The number of nitrogens with two attached hydrogens (primary N) is 2. The monoisotopic (exact) mass is 595 g/mol. The van der Waals surface area contributed by atoms with Gasteiger partial charge in [0.15, 0.2) is 11.6 Å². The molecule has 1 amide bonds. The van der Waals surface area contributed by atoms with Gasteiger partial charge in [-0.3, -0.25) is 4.79 Å². The molecule has 2 aromatic carbocycles. The number of anilines is 1. The van der Waals surface area contributed by atoms with Crippen molar-refractivity contribution in [3.05, 3.63) is 70.9 Å². The minimum atomic E-state index is -4.69. The lowest BCUT2D eigenvalue weighted by Crippen LogP contribution is -2.42. The molecule has 1 aromatic heterocycles. The molecule has 218 valence electrons. The largest absolute Gasteiger partial charge is 0.466 e. The van der Waals surface area contributed by atoms with Crippen LogP contribution in [0.1, 0.15) is 23.5 Å². The van der Waals surface area contributed by atoms with Gasteiger partial charge in [-0.1, -0.05) is 12.1 Å². The fourth-order valence-corrected chi connectivity index (χ4v) is 4.10. The van der Waals surface area contributed by atoms with Crippen molar-refractivity contribution in [2.45, 2.75) is 38.1 Å². The lowest BCUT2D eigenvalue weighted by Gasteiger charge is -2.30. The van der Waals surface area contributed by atoms with Crippen molar-refractivity contribution in [3.63, 3.8) is 0 Å². The summed E-state index contributed by atoms with van der Waals surface area (Å²) < 4.78 is 91.2. The number of hydrogen-bond acceptors (Lipinski definition) is 5. The zero-order chi connectivity index (χ0) is 30.0. The standard InChI is InChI=1S/C23H21F6N5O.H3O4P/c24-16-10-18(26)17(25)8-13(16)7-15(31)9-20(35)33-5-6-34-19(11-33)21(32-22(34)23(27,28)29)12-1-3-14(30)4-2-12;1-5(2,3)4/h1-4,8,10,15H,5-7,9,11,30-31H2;(H3,1,2,3,4)/t15-;/m1./s1. The highest BCUT2D eigenvalue weighted by Crippen LogP contribution is 2.36. The number of hydrogen-bond donors (Lipinski definition) is 5. The number of halogens is 6. The second kappa shape index (κ2) is 12.0. The molecule has 10 nitrogen and oxygen atoms in total. The molecule has 0 bridgehead atoms. The number of alkyl halides is 3. The average molecular weight is 595 g/mol. The van der Waals surface area contributed by atoms with Gasteiger partial charge >= 0.3 is 14.0 Å². The number of nitrogen functional groups attached to an aromatic ring is 1. The predicted octanol–water partition coefficient (Wildman–Crippen LogP) is 2.94. The van der Waals surface area contributed by atoms with Crippen LogP contribution in [0.2, 0.25) is 0 Å². The fraction of sp³-hybridized carbons (Fsp3) is 0.304. The number of amides is 1. The molecule has 2 heterocycles. The third kappa shape index (κ3) is 8.05. The van der Waals surface area contributed by atoms with Gasteiger partial charge in [0, 0.05) is 42.9 Å². The van der Waals surface area contributed by atoms with Crippen LogP contribution in [0.3, 0.4) is 0 Å². The first kappa shape index (κ1) is 31.1. The molecule has 1 aliphatic rings. The van der Waals surface area contributed by atoms with E-state index in [-0.39, 0.29) is 49.4 Å². The highest BCUT2D eigenvalue weighted by Gasteiger charge is 2.40. The molecule has 40 heavy (non-hydrogen) atoms. The van der Waals surface area contributed by atoms with E-state index in [1.807, 2.05) is 0 Å². The molecular formula is C23H24F6N5O5P. The van der Waals surface area contributed by atoms with Gasteiger partial charge in [0.05, 0.1) is 17.9 Å². The van der Waals surface area contributed by atoms with Crippen molar-refractivity contribution in [2.24, 2.45) is 5.73 Å². The van der Waals surface area contributed by atoms with E-state index in [1.165, 1.54) is 17.0 Å². The van der Waals surface area contributed by atoms with E-state index in [9.17, 15) is 31.1 Å². The molecule has 0 saturated heterocycles. The van der Waals surface area contributed by atoms with Gasteiger partial charge in [-0.15, -0.1) is 0 Å². The number of fused-ring (bicyclic) bond motifs is 1. The molecule has 4 rings (SSSR count). The van der Waals surface area contributed by atoms with Crippen molar-refractivity contribution in [2.75, 3.05) is 12.3 Å². The first-order valence-corrected chi connectivity index (χ1v) is 13.0. The number of imidazole rings is 1. The van der Waals surface area contributed by atoms with Crippen LogP contribution in [0, 0.1) is 17.5 Å². The lowest BCUT2D eigenvalue weighted by atomic mass is 10.0. The van der Waals surface area contributed by atoms with Crippen LogP contribution in [-0.4, -0.2) is 47.6 Å². The van der Waals surface area contributed by atoms with Crippen LogP contribution in [0.5, 0.6) is 0 Å². The maximum absolute atomic E-state index is 13.9. The summed E-state index contributed by atoms with van der Waals surface area (Å²) in [7, 11) is -4.64. The third-order valence-corrected chi connectivity index (χ3v) is 5.81. The summed E-state index contributed by atoms with van der Waals surface area (Å²) in [6, 6.07) is 6.34. The van der Waals surface area contributed by atoms with Crippen LogP contribution in [0.15, 0.2) is 36.4 Å². The van der Waals surface area contributed by atoms with Crippen LogP contribution in [-0.2, 0) is 35.0 Å². The average Bonchev–Trinajstić information content (AvgIpc) is 3.21. The Morgan fingerprint density at radius 2 is 1.60 bits per heavy atom. The first-order chi connectivity index (χ1) is 18.4. The molecule has 0 radical (unpaired) electrons. The summed E-state index contributed by atoms with van der Waals surface area (Å²) in [5.74, 6) is -5.08. The van der Waals surface area contributed by atoms with Crippen LogP contribution < -0.4 is 11.5 Å². The number of carbonyl (C=O) groups excluding carboxylic acids is 1. The Morgan fingerprint density at radius 1 is 1.02 bits per heavy atom. The number of rotatable bonds is 5. The topological polar surface area (TPSA) is 168 Å². The zero-order valence-corrected chi connectivity index (χ0v) is 21.3. The molecule has 3 aromatic rings.